The lowest BCUT2D eigenvalue weighted by Crippen LogP contribution is -2.52. The number of hydrogen-bond acceptors (Lipinski definition) is 5. The third-order valence-electron chi connectivity index (χ3n) is 3.86. The van der Waals surface area contributed by atoms with Crippen LogP contribution in [0.15, 0.2) is 57.2 Å². The molecule has 0 unspecified atom stereocenters. The fraction of sp³-hybridized carbons (Fsp3) is 0.235. The van der Waals surface area contributed by atoms with Crippen molar-refractivity contribution in [3.8, 4) is 0 Å². The topological polar surface area (TPSA) is 101 Å². The number of amides is 1. The van der Waals surface area contributed by atoms with Crippen molar-refractivity contribution in [1.29, 1.82) is 0 Å². The number of halogens is 4. The summed E-state index contributed by atoms with van der Waals surface area (Å²) in [6, 6.07) is 8.89. The first kappa shape index (κ1) is 23.3. The molecular weight excluding hydrogens is 455 g/mol. The number of alkyl halides is 3. The van der Waals surface area contributed by atoms with E-state index in [0.717, 1.165) is 12.3 Å². The molecule has 2 rings (SSSR count). The standard InChI is InChI=1S/C17H15ClF3NO5S2/c1-16(24,17(19,20)21)15(23)22-14-8-5-11(9-13(14)18)28(25)10-3-6-12(7-4-10)29(2,26)27/h3-9,24H,1-2H3,(H,22,23)/t16-,28+/m1/s1. The molecule has 12 heteroatoms. The van der Waals surface area contributed by atoms with E-state index in [0.29, 0.717) is 6.92 Å². The van der Waals surface area contributed by atoms with E-state index < -0.39 is 38.3 Å². The van der Waals surface area contributed by atoms with Gasteiger partial charge in [0.2, 0.25) is 5.60 Å². The van der Waals surface area contributed by atoms with Crippen LogP contribution in [0.2, 0.25) is 5.02 Å². The molecule has 0 bridgehead atoms. The van der Waals surface area contributed by atoms with Gasteiger partial charge in [-0.15, -0.1) is 0 Å². The second kappa shape index (κ2) is 8.05. The van der Waals surface area contributed by atoms with Crippen LogP contribution < -0.4 is 5.32 Å². The van der Waals surface area contributed by atoms with Crippen LogP contribution in [-0.4, -0.2) is 41.7 Å². The van der Waals surface area contributed by atoms with Crippen molar-refractivity contribution in [3.63, 3.8) is 0 Å². The highest BCUT2D eigenvalue weighted by Crippen LogP contribution is 2.33. The van der Waals surface area contributed by atoms with Gasteiger partial charge in [-0.2, -0.15) is 13.2 Å². The summed E-state index contributed by atoms with van der Waals surface area (Å²) in [5, 5.41) is 11.1. The van der Waals surface area contributed by atoms with E-state index in [1.165, 1.54) is 36.4 Å². The van der Waals surface area contributed by atoms with Crippen molar-refractivity contribution in [1.82, 2.24) is 0 Å². The zero-order chi connectivity index (χ0) is 22.2. The highest BCUT2D eigenvalue weighted by molar-refractivity contribution is 7.90. The molecule has 0 aliphatic carbocycles. The van der Waals surface area contributed by atoms with Crippen molar-refractivity contribution in [3.05, 3.63) is 47.5 Å². The largest absolute Gasteiger partial charge is 0.426 e. The second-order valence-corrected chi connectivity index (χ2v) is 10.1. The second-order valence-electron chi connectivity index (χ2n) is 6.18. The Balaban J connectivity index is 2.25. The van der Waals surface area contributed by atoms with Gasteiger partial charge in [0.25, 0.3) is 5.91 Å². The number of rotatable bonds is 5. The van der Waals surface area contributed by atoms with Gasteiger partial charge in [-0.25, -0.2) is 12.6 Å². The number of carbonyl (C=O) groups is 1. The lowest BCUT2D eigenvalue weighted by molar-refractivity contribution is -0.242. The highest BCUT2D eigenvalue weighted by atomic mass is 35.5. The number of benzene rings is 2. The van der Waals surface area contributed by atoms with Crippen molar-refractivity contribution in [2.45, 2.75) is 33.4 Å². The minimum Gasteiger partial charge on any atom is -0.373 e. The van der Waals surface area contributed by atoms with Crippen LogP contribution in [0.3, 0.4) is 0 Å². The zero-order valence-corrected chi connectivity index (χ0v) is 17.3. The summed E-state index contributed by atoms with van der Waals surface area (Å²) in [4.78, 5) is 12.2. The van der Waals surface area contributed by atoms with Crippen LogP contribution in [0, 0.1) is 0 Å². The molecule has 2 aromatic rings. The predicted molar refractivity (Wildman–Crippen MR) is 101 cm³/mol. The van der Waals surface area contributed by atoms with E-state index in [4.69, 9.17) is 11.6 Å². The SMILES string of the molecule is C[C@@](O)(C(=O)Nc1ccc([S@@](=O)c2ccc(S(C)(=O)=O)cc2)cc1Cl)C(F)(F)F. The molecular formula is C17H15ClF3NO5S2. The molecule has 2 N–H and O–H groups in total. The number of hydrogen-bond donors (Lipinski definition) is 2. The van der Waals surface area contributed by atoms with Crippen LogP contribution in [-0.2, 0) is 25.4 Å². The number of sulfone groups is 1. The molecule has 0 radical (unpaired) electrons. The molecule has 0 spiro atoms. The molecule has 29 heavy (non-hydrogen) atoms. The van der Waals surface area contributed by atoms with Crippen molar-refractivity contribution < 1.29 is 35.7 Å². The molecule has 0 fully saturated rings. The van der Waals surface area contributed by atoms with Gasteiger partial charge in [0.1, 0.15) is 0 Å². The fourth-order valence-electron chi connectivity index (χ4n) is 2.03. The Labute approximate surface area is 172 Å². The number of anilines is 1. The van der Waals surface area contributed by atoms with E-state index in [1.807, 2.05) is 5.32 Å². The lowest BCUT2D eigenvalue weighted by atomic mass is 10.1. The predicted octanol–water partition coefficient (Wildman–Crippen LogP) is 3.16. The summed E-state index contributed by atoms with van der Waals surface area (Å²) >= 11 is 5.96. The van der Waals surface area contributed by atoms with Gasteiger partial charge in [0, 0.05) is 16.0 Å². The minimum atomic E-state index is -5.19. The van der Waals surface area contributed by atoms with Crippen LogP contribution in [0.1, 0.15) is 6.92 Å². The lowest BCUT2D eigenvalue weighted by Gasteiger charge is -2.25. The monoisotopic (exact) mass is 469 g/mol. The van der Waals surface area contributed by atoms with Crippen LogP contribution in [0.25, 0.3) is 0 Å². The molecule has 0 saturated heterocycles. The first-order valence-electron chi connectivity index (χ1n) is 7.76. The smallest absolute Gasteiger partial charge is 0.373 e. The Kier molecular flexibility index (Phi) is 6.48. The summed E-state index contributed by atoms with van der Waals surface area (Å²) in [5.74, 6) is -1.72. The van der Waals surface area contributed by atoms with Crippen molar-refractivity contribution >= 4 is 43.8 Å². The maximum Gasteiger partial charge on any atom is 0.426 e. The van der Waals surface area contributed by atoms with Gasteiger partial charge >= 0.3 is 6.18 Å². The molecule has 158 valence electrons. The van der Waals surface area contributed by atoms with Gasteiger partial charge in [-0.3, -0.25) is 4.79 Å². The molecule has 0 aliphatic rings. The molecule has 0 aromatic heterocycles. The first-order chi connectivity index (χ1) is 13.1. The van der Waals surface area contributed by atoms with Gasteiger partial charge in [0.05, 0.1) is 26.4 Å². The van der Waals surface area contributed by atoms with Gasteiger partial charge in [-0.1, -0.05) is 11.6 Å². The highest BCUT2D eigenvalue weighted by Gasteiger charge is 2.55. The van der Waals surface area contributed by atoms with E-state index in [1.54, 1.807) is 0 Å². The maximum absolute atomic E-state index is 12.7. The summed E-state index contributed by atoms with van der Waals surface area (Å²) in [6.07, 6.45) is -4.16. The van der Waals surface area contributed by atoms with E-state index in [2.05, 4.69) is 0 Å². The summed E-state index contributed by atoms with van der Waals surface area (Å²) in [7, 11) is -5.18. The van der Waals surface area contributed by atoms with E-state index in [-0.39, 0.29) is 25.4 Å². The molecule has 2 atom stereocenters. The maximum atomic E-state index is 12.7. The first-order valence-corrected chi connectivity index (χ1v) is 11.2. The van der Waals surface area contributed by atoms with Gasteiger partial charge in [0.15, 0.2) is 9.84 Å². The van der Waals surface area contributed by atoms with E-state index >= 15 is 0 Å². The number of carbonyl (C=O) groups excluding carboxylic acids is 1. The normalized spacial score (nSPS) is 15.4. The third kappa shape index (κ3) is 5.16. The molecule has 0 aliphatic heterocycles. The average Bonchev–Trinajstić information content (AvgIpc) is 2.61. The quantitative estimate of drug-likeness (QED) is 0.700. The third-order valence-corrected chi connectivity index (χ3v) is 6.69. The van der Waals surface area contributed by atoms with Crippen LogP contribution in [0.4, 0.5) is 18.9 Å². The van der Waals surface area contributed by atoms with Crippen molar-refractivity contribution in [2.24, 2.45) is 0 Å². The Hall–Kier alpha value is -1.95. The van der Waals surface area contributed by atoms with E-state index in [9.17, 15) is 35.7 Å². The minimum absolute atomic E-state index is 0.0473. The van der Waals surface area contributed by atoms with Gasteiger partial charge < -0.3 is 10.4 Å². The summed E-state index contributed by atoms with van der Waals surface area (Å²) < 4.78 is 73.7. The Morgan fingerprint density at radius 2 is 1.62 bits per heavy atom. The Bertz CT molecular complexity index is 1070. The van der Waals surface area contributed by atoms with Crippen LogP contribution in [0.5, 0.6) is 0 Å². The molecule has 2 aromatic carbocycles. The fourth-order valence-corrected chi connectivity index (χ4v) is 4.03. The molecule has 1 amide bonds. The van der Waals surface area contributed by atoms with Crippen LogP contribution >= 0.6 is 11.6 Å². The molecule has 6 nitrogen and oxygen atoms in total. The number of nitrogens with one attached hydrogen (secondary N) is 1. The number of aliphatic hydroxyl groups is 1. The van der Waals surface area contributed by atoms with Crippen molar-refractivity contribution in [2.75, 3.05) is 11.6 Å². The van der Waals surface area contributed by atoms with Gasteiger partial charge in [-0.05, 0) is 49.4 Å². The zero-order valence-electron chi connectivity index (χ0n) is 15.0. The summed E-state index contributed by atoms with van der Waals surface area (Å²) in [5.41, 5.74) is -3.84. The molecule has 0 saturated carbocycles. The summed E-state index contributed by atoms with van der Waals surface area (Å²) in [6.45, 7) is 0.305. The molecule has 0 heterocycles. The average molecular weight is 470 g/mol. The Morgan fingerprint density at radius 1 is 1.10 bits per heavy atom. The Morgan fingerprint density at radius 3 is 2.07 bits per heavy atom.